The lowest BCUT2D eigenvalue weighted by Crippen LogP contribution is -2.55. The van der Waals surface area contributed by atoms with Crippen molar-refractivity contribution in [1.29, 1.82) is 0 Å². The molecule has 0 spiro atoms. The van der Waals surface area contributed by atoms with Gasteiger partial charge in [-0.15, -0.1) is 0 Å². The molecule has 3 heteroatoms. The van der Waals surface area contributed by atoms with Crippen LogP contribution in [0, 0.1) is 5.41 Å². The second kappa shape index (κ2) is 3.39. The zero-order valence-electron chi connectivity index (χ0n) is 9.34. The predicted octanol–water partition coefficient (Wildman–Crippen LogP) is 1.50. The van der Waals surface area contributed by atoms with Crippen molar-refractivity contribution in [2.24, 2.45) is 11.1 Å². The molecule has 1 rings (SSSR count). The molecule has 3 nitrogen and oxygen atoms in total. The van der Waals surface area contributed by atoms with Crippen LogP contribution in [0.4, 0.5) is 0 Å². The lowest BCUT2D eigenvalue weighted by Gasteiger charge is -2.34. The van der Waals surface area contributed by atoms with Gasteiger partial charge in [-0.3, -0.25) is 4.79 Å². The monoisotopic (exact) mass is 196 g/mol. The number of carbonyl (C=O) groups is 1. The molecule has 1 amide bonds. The second-order valence-corrected chi connectivity index (χ2v) is 4.72. The van der Waals surface area contributed by atoms with Crippen LogP contribution in [0.25, 0.3) is 0 Å². The molecule has 80 valence electrons. The summed E-state index contributed by atoms with van der Waals surface area (Å²) in [6, 6.07) is 0. The highest BCUT2D eigenvalue weighted by Gasteiger charge is 2.55. The fourth-order valence-corrected chi connectivity index (χ4v) is 2.17. The van der Waals surface area contributed by atoms with E-state index in [-0.39, 0.29) is 11.3 Å². The number of hydrogen-bond donors (Lipinski definition) is 1. The number of hydrogen-bond acceptors (Lipinski definition) is 2. The molecule has 0 radical (unpaired) electrons. The molecule has 0 bridgehead atoms. The van der Waals surface area contributed by atoms with Crippen LogP contribution in [0.3, 0.4) is 0 Å². The first-order valence-corrected chi connectivity index (χ1v) is 5.11. The van der Waals surface area contributed by atoms with Crippen LogP contribution in [-0.2, 0) is 4.79 Å². The van der Waals surface area contributed by atoms with Crippen molar-refractivity contribution in [3.63, 3.8) is 0 Å². The molecule has 1 atom stereocenters. The Morgan fingerprint density at radius 1 is 1.64 bits per heavy atom. The Balaban J connectivity index is 3.03. The highest BCUT2D eigenvalue weighted by Crippen LogP contribution is 2.40. The van der Waals surface area contributed by atoms with Crippen molar-refractivity contribution < 1.29 is 4.79 Å². The summed E-state index contributed by atoms with van der Waals surface area (Å²) < 4.78 is 0. The zero-order valence-corrected chi connectivity index (χ0v) is 9.34. The summed E-state index contributed by atoms with van der Waals surface area (Å²) in [5.41, 5.74) is 5.33. The molecule has 0 aromatic heterocycles. The predicted molar refractivity (Wildman–Crippen MR) is 57.5 cm³/mol. The quantitative estimate of drug-likeness (QED) is 0.743. The maximum absolute atomic E-state index is 12.0. The summed E-state index contributed by atoms with van der Waals surface area (Å²) in [5, 5.41) is 0. The normalized spacial score (nSPS) is 30.9. The maximum atomic E-state index is 12.0. The minimum absolute atomic E-state index is 0.0133. The summed E-state index contributed by atoms with van der Waals surface area (Å²) >= 11 is 0. The summed E-state index contributed by atoms with van der Waals surface area (Å²) in [4.78, 5) is 13.6. The number of likely N-dealkylation sites (tertiary alicyclic amines) is 1. The van der Waals surface area contributed by atoms with E-state index in [1.165, 1.54) is 0 Å². The van der Waals surface area contributed by atoms with Gasteiger partial charge in [0.25, 0.3) is 0 Å². The Morgan fingerprint density at radius 2 is 2.21 bits per heavy atom. The summed E-state index contributed by atoms with van der Waals surface area (Å²) in [6.07, 6.45) is 3.24. The molecular formula is C11H20N2O. The standard InChI is InChI=1S/C11H20N2O/c1-5-7-11(12)9(14)13(6-2)8-10(11,3)4/h6H,2,5,7-8,12H2,1,3-4H3. The summed E-state index contributed by atoms with van der Waals surface area (Å²) in [7, 11) is 0. The number of carbonyl (C=O) groups excluding carboxylic acids is 1. The average Bonchev–Trinajstić information content (AvgIpc) is 2.27. The molecular weight excluding hydrogens is 176 g/mol. The van der Waals surface area contributed by atoms with Crippen molar-refractivity contribution in [3.8, 4) is 0 Å². The first kappa shape index (κ1) is 11.2. The van der Waals surface area contributed by atoms with Crippen LogP contribution < -0.4 is 5.73 Å². The topological polar surface area (TPSA) is 46.3 Å². The molecule has 1 aliphatic rings. The van der Waals surface area contributed by atoms with E-state index in [0.29, 0.717) is 6.54 Å². The number of nitrogens with two attached hydrogens (primary N) is 1. The average molecular weight is 196 g/mol. The van der Waals surface area contributed by atoms with Gasteiger partial charge in [0.15, 0.2) is 0 Å². The lowest BCUT2D eigenvalue weighted by atomic mass is 9.73. The third-order valence-corrected chi connectivity index (χ3v) is 3.28. The smallest absolute Gasteiger partial charge is 0.247 e. The molecule has 1 heterocycles. The Bertz CT molecular complexity index is 260. The minimum Gasteiger partial charge on any atom is -0.317 e. The summed E-state index contributed by atoms with van der Waals surface area (Å²) in [5.74, 6) is 0.0133. The van der Waals surface area contributed by atoms with Gasteiger partial charge in [0.2, 0.25) is 5.91 Å². The van der Waals surface area contributed by atoms with E-state index in [2.05, 4.69) is 13.5 Å². The van der Waals surface area contributed by atoms with E-state index in [0.717, 1.165) is 12.8 Å². The van der Waals surface area contributed by atoms with Crippen molar-refractivity contribution in [2.75, 3.05) is 6.54 Å². The minimum atomic E-state index is -0.712. The lowest BCUT2D eigenvalue weighted by molar-refractivity contribution is -0.131. The Hall–Kier alpha value is -0.830. The molecule has 1 unspecified atom stereocenters. The fourth-order valence-electron chi connectivity index (χ4n) is 2.17. The molecule has 1 aliphatic heterocycles. The van der Waals surface area contributed by atoms with Gasteiger partial charge >= 0.3 is 0 Å². The van der Waals surface area contributed by atoms with Crippen LogP contribution >= 0.6 is 0 Å². The van der Waals surface area contributed by atoms with Gasteiger partial charge in [0.1, 0.15) is 5.54 Å². The Kier molecular flexibility index (Phi) is 2.72. The maximum Gasteiger partial charge on any atom is 0.247 e. The number of amides is 1. The van der Waals surface area contributed by atoms with Gasteiger partial charge in [-0.25, -0.2) is 0 Å². The van der Waals surface area contributed by atoms with Gasteiger partial charge in [-0.2, -0.15) is 0 Å². The van der Waals surface area contributed by atoms with Crippen molar-refractivity contribution in [1.82, 2.24) is 4.90 Å². The molecule has 1 saturated heterocycles. The second-order valence-electron chi connectivity index (χ2n) is 4.72. The van der Waals surface area contributed by atoms with Crippen molar-refractivity contribution >= 4 is 5.91 Å². The van der Waals surface area contributed by atoms with Crippen LogP contribution in [0.2, 0.25) is 0 Å². The van der Waals surface area contributed by atoms with Gasteiger partial charge in [-0.05, 0) is 12.6 Å². The highest BCUT2D eigenvalue weighted by atomic mass is 16.2. The molecule has 1 fully saturated rings. The molecule has 2 N–H and O–H groups in total. The van der Waals surface area contributed by atoms with Gasteiger partial charge in [0, 0.05) is 12.0 Å². The zero-order chi connectivity index (χ0) is 11.0. The molecule has 0 aliphatic carbocycles. The highest BCUT2D eigenvalue weighted by molar-refractivity contribution is 5.90. The van der Waals surface area contributed by atoms with Gasteiger partial charge in [-0.1, -0.05) is 33.8 Å². The molecule has 0 aromatic rings. The number of nitrogens with zero attached hydrogens (tertiary/aromatic N) is 1. The molecule has 0 aromatic carbocycles. The SMILES string of the molecule is C=CN1CC(C)(C)C(N)(CCC)C1=O. The van der Waals surface area contributed by atoms with E-state index >= 15 is 0 Å². The largest absolute Gasteiger partial charge is 0.317 e. The van der Waals surface area contributed by atoms with E-state index in [4.69, 9.17) is 5.73 Å². The van der Waals surface area contributed by atoms with Crippen LogP contribution in [-0.4, -0.2) is 22.9 Å². The molecule has 0 saturated carbocycles. The first-order valence-electron chi connectivity index (χ1n) is 5.11. The Morgan fingerprint density at radius 3 is 2.57 bits per heavy atom. The van der Waals surface area contributed by atoms with Crippen LogP contribution in [0.5, 0.6) is 0 Å². The van der Waals surface area contributed by atoms with Crippen LogP contribution in [0.1, 0.15) is 33.6 Å². The van der Waals surface area contributed by atoms with Crippen molar-refractivity contribution in [2.45, 2.75) is 39.2 Å². The van der Waals surface area contributed by atoms with E-state index < -0.39 is 5.54 Å². The van der Waals surface area contributed by atoms with Gasteiger partial charge < -0.3 is 10.6 Å². The Labute approximate surface area is 86.0 Å². The summed E-state index contributed by atoms with van der Waals surface area (Å²) in [6.45, 7) is 10.4. The number of rotatable bonds is 3. The van der Waals surface area contributed by atoms with Crippen LogP contribution in [0.15, 0.2) is 12.8 Å². The fraction of sp³-hybridized carbons (Fsp3) is 0.727. The van der Waals surface area contributed by atoms with E-state index in [1.807, 2.05) is 13.8 Å². The van der Waals surface area contributed by atoms with E-state index in [1.54, 1.807) is 11.1 Å². The third-order valence-electron chi connectivity index (χ3n) is 3.28. The first-order chi connectivity index (χ1) is 6.39. The van der Waals surface area contributed by atoms with E-state index in [9.17, 15) is 4.79 Å². The third kappa shape index (κ3) is 1.36. The van der Waals surface area contributed by atoms with Gasteiger partial charge in [0.05, 0.1) is 0 Å². The molecule has 14 heavy (non-hydrogen) atoms. The van der Waals surface area contributed by atoms with Crippen molar-refractivity contribution in [3.05, 3.63) is 12.8 Å².